The maximum Gasteiger partial charge on any atom is 0.335 e. The van der Waals surface area contributed by atoms with E-state index in [0.717, 1.165) is 24.0 Å². The lowest BCUT2D eigenvalue weighted by molar-refractivity contribution is 0.0642. The summed E-state index contributed by atoms with van der Waals surface area (Å²) < 4.78 is 6.64. The third kappa shape index (κ3) is 6.11. The fraction of sp³-hybridized carbons (Fsp3) is 0.312. The van der Waals surface area contributed by atoms with Crippen molar-refractivity contribution >= 4 is 46.6 Å². The van der Waals surface area contributed by atoms with Crippen molar-refractivity contribution in [3.63, 3.8) is 0 Å². The van der Waals surface area contributed by atoms with E-state index in [-0.39, 0.29) is 40.1 Å². The number of rotatable bonds is 8. The van der Waals surface area contributed by atoms with E-state index in [9.17, 15) is 24.3 Å². The van der Waals surface area contributed by atoms with Gasteiger partial charge in [0, 0.05) is 25.8 Å². The number of aromatic carboxylic acids is 1. The number of para-hydroxylation sites is 1. The van der Waals surface area contributed by atoms with Gasteiger partial charge in [0.05, 0.1) is 28.5 Å². The molecule has 6 rings (SSSR count). The molecule has 2 aliphatic rings. The van der Waals surface area contributed by atoms with E-state index < -0.39 is 23.7 Å². The Labute approximate surface area is 263 Å². The molecule has 0 bridgehead atoms. The summed E-state index contributed by atoms with van der Waals surface area (Å²) in [5.74, 6) is -2.32. The normalized spacial score (nSPS) is 16.3. The number of nitrogens with zero attached hydrogens (tertiary/aromatic N) is 3. The molecule has 0 saturated carbocycles. The molecule has 1 fully saturated rings. The number of ether oxygens (including phenoxy) is 1. The predicted molar refractivity (Wildman–Crippen MR) is 165 cm³/mol. The lowest BCUT2D eigenvalue weighted by Crippen LogP contribution is -2.34. The van der Waals surface area contributed by atoms with Gasteiger partial charge in [0.15, 0.2) is 5.65 Å². The Hall–Kier alpha value is -4.81. The zero-order valence-electron chi connectivity index (χ0n) is 24.4. The molecule has 3 heterocycles. The molecule has 0 radical (unpaired) electrons. The van der Waals surface area contributed by atoms with Gasteiger partial charge in [-0.2, -0.15) is 5.10 Å². The maximum atomic E-state index is 13.8. The molecule has 45 heavy (non-hydrogen) atoms. The van der Waals surface area contributed by atoms with Gasteiger partial charge in [-0.3, -0.25) is 14.4 Å². The van der Waals surface area contributed by atoms with Gasteiger partial charge in [0.2, 0.25) is 0 Å². The molecule has 4 aromatic rings. The second kappa shape index (κ2) is 12.7. The third-order valence-corrected chi connectivity index (χ3v) is 8.75. The number of nitrogens with one attached hydrogen (secondary N) is 3. The van der Waals surface area contributed by atoms with Crippen LogP contribution in [-0.2, 0) is 11.2 Å². The van der Waals surface area contributed by atoms with Crippen molar-refractivity contribution in [2.45, 2.75) is 38.6 Å². The lowest BCUT2D eigenvalue weighted by Gasteiger charge is -2.22. The first-order valence-corrected chi connectivity index (χ1v) is 15.1. The van der Waals surface area contributed by atoms with Crippen molar-refractivity contribution in [1.82, 2.24) is 25.2 Å². The molecule has 13 heteroatoms. The molecular weight excluding hydrogens is 600 g/mol. The Balaban J connectivity index is 1.32. The molecule has 0 unspecified atom stereocenters. The predicted octanol–water partition coefficient (Wildman–Crippen LogP) is 4.22. The zero-order valence-corrected chi connectivity index (χ0v) is 25.2. The van der Waals surface area contributed by atoms with Gasteiger partial charge in [-0.1, -0.05) is 29.8 Å². The van der Waals surface area contributed by atoms with Crippen molar-refractivity contribution in [3.05, 3.63) is 92.9 Å². The highest BCUT2D eigenvalue weighted by atomic mass is 35.5. The SMILES string of the molecule is Cc1c(C(=O)O)ccc2c1CC[C@@H]2NC(=O)c1cc(C(=O)NCC2CCOCC2)nc2c(C(=O)Nc3ccccc3Cl)cnn12. The quantitative estimate of drug-likeness (QED) is 0.225. The molecule has 12 nitrogen and oxygen atoms in total. The number of hydrogen-bond acceptors (Lipinski definition) is 7. The molecule has 1 aliphatic carbocycles. The molecule has 1 atom stereocenters. The average molecular weight is 631 g/mol. The van der Waals surface area contributed by atoms with Gasteiger partial charge in [0.1, 0.15) is 17.0 Å². The van der Waals surface area contributed by atoms with Gasteiger partial charge in [-0.25, -0.2) is 14.3 Å². The van der Waals surface area contributed by atoms with Gasteiger partial charge in [-0.15, -0.1) is 0 Å². The molecule has 4 N–H and O–H groups in total. The van der Waals surface area contributed by atoms with Crippen LogP contribution in [0.4, 0.5) is 5.69 Å². The summed E-state index contributed by atoms with van der Waals surface area (Å²) in [5.41, 5.74) is 3.06. The Kier molecular flexibility index (Phi) is 8.50. The fourth-order valence-electron chi connectivity index (χ4n) is 5.93. The number of hydrogen-bond donors (Lipinski definition) is 4. The maximum absolute atomic E-state index is 13.8. The first-order valence-electron chi connectivity index (χ1n) is 14.7. The van der Waals surface area contributed by atoms with Crippen LogP contribution in [0.2, 0.25) is 5.02 Å². The average Bonchev–Trinajstić information content (AvgIpc) is 3.66. The number of amides is 3. The summed E-state index contributed by atoms with van der Waals surface area (Å²) in [6.07, 6.45) is 4.11. The van der Waals surface area contributed by atoms with E-state index in [2.05, 4.69) is 26.0 Å². The van der Waals surface area contributed by atoms with E-state index in [1.165, 1.54) is 16.8 Å². The van der Waals surface area contributed by atoms with E-state index in [0.29, 0.717) is 48.9 Å². The van der Waals surface area contributed by atoms with Crippen LogP contribution in [-0.4, -0.2) is 63.2 Å². The molecule has 2 aromatic heterocycles. The second-order valence-corrected chi connectivity index (χ2v) is 11.6. The van der Waals surface area contributed by atoms with Crippen LogP contribution >= 0.6 is 11.6 Å². The summed E-state index contributed by atoms with van der Waals surface area (Å²) in [4.78, 5) is 56.6. The van der Waals surface area contributed by atoms with E-state index >= 15 is 0 Å². The number of anilines is 1. The number of carboxylic acids is 1. The largest absolute Gasteiger partial charge is 0.478 e. The van der Waals surface area contributed by atoms with Gasteiger partial charge >= 0.3 is 5.97 Å². The van der Waals surface area contributed by atoms with Crippen molar-refractivity contribution in [1.29, 1.82) is 0 Å². The zero-order chi connectivity index (χ0) is 31.7. The Morgan fingerprint density at radius 3 is 2.56 bits per heavy atom. The van der Waals surface area contributed by atoms with E-state index in [4.69, 9.17) is 16.3 Å². The summed E-state index contributed by atoms with van der Waals surface area (Å²) in [6.45, 7) is 3.46. The Morgan fingerprint density at radius 1 is 1.02 bits per heavy atom. The first kappa shape index (κ1) is 30.2. The van der Waals surface area contributed by atoms with E-state index in [1.54, 1.807) is 43.3 Å². The molecule has 232 valence electrons. The monoisotopic (exact) mass is 630 g/mol. The number of carbonyl (C=O) groups excluding carboxylic acids is 3. The summed E-state index contributed by atoms with van der Waals surface area (Å²) >= 11 is 6.24. The summed E-state index contributed by atoms with van der Waals surface area (Å²) in [6, 6.07) is 11.0. The Bertz CT molecular complexity index is 1830. The molecule has 2 aromatic carbocycles. The van der Waals surface area contributed by atoms with Crippen molar-refractivity contribution in [2.75, 3.05) is 25.1 Å². The Morgan fingerprint density at radius 2 is 1.80 bits per heavy atom. The molecule has 1 aliphatic heterocycles. The molecule has 3 amide bonds. The summed E-state index contributed by atoms with van der Waals surface area (Å²) in [5, 5.41) is 22.8. The molecule has 1 saturated heterocycles. The minimum Gasteiger partial charge on any atom is -0.478 e. The highest BCUT2D eigenvalue weighted by Gasteiger charge is 2.30. The smallest absolute Gasteiger partial charge is 0.335 e. The van der Waals surface area contributed by atoms with Crippen LogP contribution in [0.25, 0.3) is 5.65 Å². The van der Waals surface area contributed by atoms with Crippen molar-refractivity contribution in [3.8, 4) is 0 Å². The number of aromatic nitrogens is 3. The lowest BCUT2D eigenvalue weighted by atomic mass is 9.98. The number of halogens is 1. The van der Waals surface area contributed by atoms with Crippen LogP contribution < -0.4 is 16.0 Å². The summed E-state index contributed by atoms with van der Waals surface area (Å²) in [7, 11) is 0. The fourth-order valence-corrected chi connectivity index (χ4v) is 6.11. The van der Waals surface area contributed by atoms with Crippen LogP contribution in [0.1, 0.15) is 83.7 Å². The highest BCUT2D eigenvalue weighted by molar-refractivity contribution is 6.34. The van der Waals surface area contributed by atoms with Crippen molar-refractivity contribution < 1.29 is 29.0 Å². The van der Waals surface area contributed by atoms with Crippen LogP contribution in [0.15, 0.2) is 48.7 Å². The number of carboxylic acid groups (broad SMARTS) is 1. The molecular formula is C32H31ClN6O6. The number of fused-ring (bicyclic) bond motifs is 2. The van der Waals surface area contributed by atoms with Gasteiger partial charge < -0.3 is 25.8 Å². The van der Waals surface area contributed by atoms with E-state index in [1.807, 2.05) is 0 Å². The number of benzene rings is 2. The minimum atomic E-state index is -1.00. The van der Waals surface area contributed by atoms with Crippen molar-refractivity contribution in [2.24, 2.45) is 5.92 Å². The van der Waals surface area contributed by atoms with Crippen LogP contribution in [0, 0.1) is 12.8 Å². The topological polar surface area (TPSA) is 164 Å². The highest BCUT2D eigenvalue weighted by Crippen LogP contribution is 2.35. The molecule has 0 spiro atoms. The van der Waals surface area contributed by atoms with Gasteiger partial charge in [-0.05, 0) is 73.4 Å². The second-order valence-electron chi connectivity index (χ2n) is 11.2. The minimum absolute atomic E-state index is 0.0142. The number of carbonyl (C=O) groups is 4. The van der Waals surface area contributed by atoms with Gasteiger partial charge in [0.25, 0.3) is 17.7 Å². The third-order valence-electron chi connectivity index (χ3n) is 8.42. The van der Waals surface area contributed by atoms with Crippen LogP contribution in [0.3, 0.4) is 0 Å². The standard InChI is InChI=1S/C32H31ClN6O6/c1-17-19-8-9-24(21(19)7-6-20(17)32(43)44)37-31(42)27-14-26(30(41)34-15-18-10-12-45-13-11-18)36-28-22(16-35-39(27)28)29(40)38-25-5-3-2-4-23(25)33/h2-7,14,16,18,24H,8-13,15H2,1H3,(H,34,41)(H,37,42)(H,38,40)(H,43,44)/t24-/m0/s1. The first-order chi connectivity index (χ1) is 21.7. The van der Waals surface area contributed by atoms with Crippen LogP contribution in [0.5, 0.6) is 0 Å².